The first-order valence-corrected chi connectivity index (χ1v) is 4.53. The summed E-state index contributed by atoms with van der Waals surface area (Å²) in [4.78, 5) is 0. The Hall–Kier alpha value is -0.380. The zero-order valence-corrected chi connectivity index (χ0v) is 8.60. The van der Waals surface area contributed by atoms with Gasteiger partial charge in [0.25, 0.3) is 0 Å². The molecule has 0 bridgehead atoms. The summed E-state index contributed by atoms with van der Waals surface area (Å²) in [5.74, 6) is 0. The molecule has 0 unspecified atom stereocenters. The number of hydrogen-bond acceptors (Lipinski definition) is 2. The fraction of sp³-hybridized carbons (Fsp3) is 0.333. The molecule has 0 aliphatic heterocycles. The fourth-order valence-electron chi connectivity index (χ4n) is 1.08. The van der Waals surface area contributed by atoms with Crippen LogP contribution >= 0.6 is 15.9 Å². The third kappa shape index (κ3) is 2.30. The minimum absolute atomic E-state index is 0.561. The predicted molar refractivity (Wildman–Crippen MR) is 52.7 cm³/mol. The number of methoxy groups -OCH3 is 1. The molecule has 12 heavy (non-hydrogen) atoms. The zero-order valence-electron chi connectivity index (χ0n) is 7.01. The fourth-order valence-corrected chi connectivity index (χ4v) is 1.49. The third-order valence-corrected chi connectivity index (χ3v) is 2.18. The maximum Gasteiger partial charge on any atom is 0.0716 e. The van der Waals surface area contributed by atoms with Gasteiger partial charge in [0.1, 0.15) is 0 Å². The number of ether oxygens (including phenoxy) is 1. The molecule has 0 radical (unpaired) electrons. The summed E-state index contributed by atoms with van der Waals surface area (Å²) < 4.78 is 6.11. The van der Waals surface area contributed by atoms with Gasteiger partial charge in [-0.25, -0.2) is 0 Å². The lowest BCUT2D eigenvalue weighted by molar-refractivity contribution is 0.184. The third-order valence-electron chi connectivity index (χ3n) is 1.69. The van der Waals surface area contributed by atoms with Crippen molar-refractivity contribution in [3.8, 4) is 0 Å². The monoisotopic (exact) mass is 229 g/mol. The van der Waals surface area contributed by atoms with E-state index >= 15 is 0 Å². The normalized spacial score (nSPS) is 10.2. The van der Waals surface area contributed by atoms with Gasteiger partial charge in [0.05, 0.1) is 6.61 Å². The van der Waals surface area contributed by atoms with Crippen molar-refractivity contribution in [3.05, 3.63) is 33.8 Å². The Morgan fingerprint density at radius 2 is 2.17 bits per heavy atom. The maximum absolute atomic E-state index is 5.56. The Labute approximate surface area is 80.8 Å². The van der Waals surface area contributed by atoms with Crippen molar-refractivity contribution in [1.82, 2.24) is 0 Å². The van der Waals surface area contributed by atoms with Crippen LogP contribution in [0, 0.1) is 0 Å². The van der Waals surface area contributed by atoms with Crippen LogP contribution in [0.2, 0.25) is 0 Å². The van der Waals surface area contributed by atoms with Crippen LogP contribution in [0.5, 0.6) is 0 Å². The summed E-state index contributed by atoms with van der Waals surface area (Å²) in [6.07, 6.45) is 0. The van der Waals surface area contributed by atoms with Gasteiger partial charge in [-0.1, -0.05) is 22.0 Å². The summed E-state index contributed by atoms with van der Waals surface area (Å²) in [7, 11) is 1.68. The van der Waals surface area contributed by atoms with Crippen LogP contribution in [0.1, 0.15) is 11.1 Å². The van der Waals surface area contributed by atoms with E-state index in [0.717, 1.165) is 15.6 Å². The second-order valence-electron chi connectivity index (χ2n) is 2.55. The van der Waals surface area contributed by atoms with Gasteiger partial charge in [0.15, 0.2) is 0 Å². The van der Waals surface area contributed by atoms with Crippen LogP contribution in [0.3, 0.4) is 0 Å². The highest BCUT2D eigenvalue weighted by Crippen LogP contribution is 2.16. The van der Waals surface area contributed by atoms with Crippen molar-refractivity contribution in [2.45, 2.75) is 13.2 Å². The van der Waals surface area contributed by atoms with Crippen molar-refractivity contribution in [2.75, 3.05) is 7.11 Å². The number of rotatable bonds is 3. The minimum Gasteiger partial charge on any atom is -0.380 e. The SMILES string of the molecule is COCc1cc(Br)ccc1CN. The molecule has 0 aliphatic rings. The molecule has 66 valence electrons. The van der Waals surface area contributed by atoms with E-state index in [4.69, 9.17) is 10.5 Å². The standard InChI is InChI=1S/C9H12BrNO/c1-12-6-8-4-9(10)3-2-7(8)5-11/h2-4H,5-6,11H2,1H3. The molecule has 2 nitrogen and oxygen atoms in total. The quantitative estimate of drug-likeness (QED) is 0.862. The van der Waals surface area contributed by atoms with E-state index < -0.39 is 0 Å². The molecule has 1 rings (SSSR count). The van der Waals surface area contributed by atoms with Crippen molar-refractivity contribution in [2.24, 2.45) is 5.73 Å². The Morgan fingerprint density at radius 3 is 2.75 bits per heavy atom. The zero-order chi connectivity index (χ0) is 8.97. The van der Waals surface area contributed by atoms with Crippen molar-refractivity contribution < 1.29 is 4.74 Å². The summed E-state index contributed by atoms with van der Waals surface area (Å²) in [6.45, 7) is 1.18. The lowest BCUT2D eigenvalue weighted by Crippen LogP contribution is -2.02. The highest BCUT2D eigenvalue weighted by Gasteiger charge is 2.00. The molecule has 0 spiro atoms. The molecule has 0 aromatic heterocycles. The van der Waals surface area contributed by atoms with Gasteiger partial charge in [0.2, 0.25) is 0 Å². The maximum atomic E-state index is 5.56. The highest BCUT2D eigenvalue weighted by molar-refractivity contribution is 9.10. The Kier molecular flexibility index (Phi) is 3.72. The van der Waals surface area contributed by atoms with Gasteiger partial charge in [-0.15, -0.1) is 0 Å². The van der Waals surface area contributed by atoms with Gasteiger partial charge in [0, 0.05) is 18.1 Å². The summed E-state index contributed by atoms with van der Waals surface area (Å²) in [5, 5.41) is 0. The summed E-state index contributed by atoms with van der Waals surface area (Å²) >= 11 is 3.40. The molecular formula is C9H12BrNO. The number of halogens is 1. The summed E-state index contributed by atoms with van der Waals surface area (Å²) in [6, 6.07) is 6.03. The lowest BCUT2D eigenvalue weighted by Gasteiger charge is -2.06. The molecule has 0 heterocycles. The molecule has 1 aromatic carbocycles. The minimum atomic E-state index is 0.561. The molecule has 1 aromatic rings. The van der Waals surface area contributed by atoms with Crippen LogP contribution in [0.4, 0.5) is 0 Å². The Balaban J connectivity index is 2.95. The molecule has 0 atom stereocenters. The van der Waals surface area contributed by atoms with Crippen LogP contribution in [0.25, 0.3) is 0 Å². The second-order valence-corrected chi connectivity index (χ2v) is 3.47. The smallest absolute Gasteiger partial charge is 0.0716 e. The van der Waals surface area contributed by atoms with E-state index in [1.54, 1.807) is 7.11 Å². The average Bonchev–Trinajstić information content (AvgIpc) is 2.05. The van der Waals surface area contributed by atoms with Crippen LogP contribution in [0.15, 0.2) is 22.7 Å². The van der Waals surface area contributed by atoms with Gasteiger partial charge in [-0.3, -0.25) is 0 Å². The van der Waals surface area contributed by atoms with Crippen LogP contribution in [-0.4, -0.2) is 7.11 Å². The first kappa shape index (κ1) is 9.71. The Morgan fingerprint density at radius 1 is 1.42 bits per heavy atom. The van der Waals surface area contributed by atoms with E-state index in [0.29, 0.717) is 13.2 Å². The molecule has 0 amide bonds. The number of nitrogens with two attached hydrogens (primary N) is 1. The average molecular weight is 230 g/mol. The van der Waals surface area contributed by atoms with E-state index in [1.165, 1.54) is 0 Å². The Bertz CT molecular complexity index is 263. The van der Waals surface area contributed by atoms with Crippen molar-refractivity contribution in [3.63, 3.8) is 0 Å². The summed E-state index contributed by atoms with van der Waals surface area (Å²) in [5.41, 5.74) is 7.85. The van der Waals surface area contributed by atoms with Gasteiger partial charge < -0.3 is 10.5 Å². The van der Waals surface area contributed by atoms with Gasteiger partial charge >= 0.3 is 0 Å². The highest BCUT2D eigenvalue weighted by atomic mass is 79.9. The number of benzene rings is 1. The van der Waals surface area contributed by atoms with E-state index in [1.807, 2.05) is 18.2 Å². The largest absolute Gasteiger partial charge is 0.380 e. The first-order chi connectivity index (χ1) is 5.77. The molecular weight excluding hydrogens is 218 g/mol. The van der Waals surface area contributed by atoms with Gasteiger partial charge in [-0.05, 0) is 23.3 Å². The number of hydrogen-bond donors (Lipinski definition) is 1. The molecule has 0 fully saturated rings. The van der Waals surface area contributed by atoms with Crippen LogP contribution < -0.4 is 5.73 Å². The van der Waals surface area contributed by atoms with E-state index in [-0.39, 0.29) is 0 Å². The first-order valence-electron chi connectivity index (χ1n) is 3.74. The molecule has 2 N–H and O–H groups in total. The lowest BCUT2D eigenvalue weighted by atomic mass is 10.1. The molecule has 3 heteroatoms. The van der Waals surface area contributed by atoms with Crippen LogP contribution in [-0.2, 0) is 17.9 Å². The molecule has 0 saturated carbocycles. The second kappa shape index (κ2) is 4.60. The van der Waals surface area contributed by atoms with Crippen molar-refractivity contribution in [1.29, 1.82) is 0 Å². The van der Waals surface area contributed by atoms with Gasteiger partial charge in [-0.2, -0.15) is 0 Å². The van der Waals surface area contributed by atoms with Crippen molar-refractivity contribution >= 4 is 15.9 Å². The van der Waals surface area contributed by atoms with E-state index in [2.05, 4.69) is 15.9 Å². The molecule has 0 aliphatic carbocycles. The topological polar surface area (TPSA) is 35.2 Å². The predicted octanol–water partition coefficient (Wildman–Crippen LogP) is 2.05. The van der Waals surface area contributed by atoms with E-state index in [9.17, 15) is 0 Å². The molecule has 0 saturated heterocycles.